The summed E-state index contributed by atoms with van der Waals surface area (Å²) < 4.78 is 72.0. The first-order chi connectivity index (χ1) is 66.3. The van der Waals surface area contributed by atoms with Crippen molar-refractivity contribution in [2.45, 2.75) is 361 Å². The van der Waals surface area contributed by atoms with Crippen LogP contribution in [-0.2, 0) is 78.1 Å². The molecule has 5 atom stereocenters. The Bertz CT molecular complexity index is 6380. The van der Waals surface area contributed by atoms with E-state index >= 15 is 0 Å². The maximum absolute atomic E-state index is 14.1. The zero-order valence-electron chi connectivity index (χ0n) is 92.7. The maximum Gasteiger partial charge on any atom is 0.530 e. The lowest BCUT2D eigenvalue weighted by molar-refractivity contribution is -0.134. The van der Waals surface area contributed by atoms with E-state index in [0.29, 0.717) is 63.2 Å². The SMILES string of the molecule is Cc1cc(C2C(=O)Oc3c2cc(C(C)(C)C)cc3C(C)(C)C)cc(C)c1OP(Oc1c(C)cc(C2C(=O)Oc3c2cc(C(C)(C)C)cc3C(C)(C)C)cc1C)Oc1c(C)cc(C2C(=O)Oc3c2cc(C(C)(C)C)cc3C(C)(C)C)cc1C.Cc1cc(C2C(=O)Oc3c2cc(C(C)(C)C)cc3C(C)(C)C)cc(C)c1OP(Oc1ccccc1)Oc1c(C)cc(C2C(=O)Oc3c2cc(C(C)(C)C)cc3C(C)(C)C)cc1C. The van der Waals surface area contributed by atoms with Gasteiger partial charge in [-0.15, -0.1) is 0 Å². The van der Waals surface area contributed by atoms with E-state index in [1.807, 2.05) is 160 Å². The lowest BCUT2D eigenvalue weighted by Crippen LogP contribution is -2.17. The molecule has 16 nitrogen and oxygen atoms in total. The van der Waals surface area contributed by atoms with Crippen LogP contribution in [0.15, 0.2) is 152 Å². The van der Waals surface area contributed by atoms with Crippen LogP contribution in [0.2, 0.25) is 0 Å². The van der Waals surface area contributed by atoms with Crippen LogP contribution in [0.5, 0.6) is 63.2 Å². The normalized spacial score (nSPS) is 17.4. The second kappa shape index (κ2) is 37.7. The first-order valence-electron chi connectivity index (χ1n) is 50.7. The van der Waals surface area contributed by atoms with Crippen LogP contribution in [0.3, 0.4) is 0 Å². The minimum atomic E-state index is -2.28. The van der Waals surface area contributed by atoms with Gasteiger partial charge in [0.15, 0.2) is 0 Å². The largest absolute Gasteiger partial charge is 0.530 e. The molecule has 0 spiro atoms. The highest BCUT2D eigenvalue weighted by Crippen LogP contribution is 2.59. The van der Waals surface area contributed by atoms with Gasteiger partial charge in [-0.25, -0.2) is 0 Å². The van der Waals surface area contributed by atoms with E-state index in [0.717, 1.165) is 167 Å². The molecule has 5 unspecified atom stereocenters. The third kappa shape index (κ3) is 21.3. The second-order valence-corrected chi connectivity index (χ2v) is 53.2. The fraction of sp³-hybridized carbons (Fsp3) is 0.437. The third-order valence-corrected chi connectivity index (χ3v) is 30.6. The van der Waals surface area contributed by atoms with Gasteiger partial charge in [-0.3, -0.25) is 24.0 Å². The van der Waals surface area contributed by atoms with Gasteiger partial charge in [-0.2, -0.15) is 0 Å². The Kier molecular flexibility index (Phi) is 28.0. The fourth-order valence-corrected chi connectivity index (χ4v) is 23.1. The highest BCUT2D eigenvalue weighted by molar-refractivity contribution is 7.43. The summed E-state index contributed by atoms with van der Waals surface area (Å²) in [7, 11) is -4.33. The van der Waals surface area contributed by atoms with Crippen molar-refractivity contribution < 1.29 is 74.8 Å². The van der Waals surface area contributed by atoms with Crippen molar-refractivity contribution in [3.05, 3.63) is 319 Å². The molecule has 760 valence electrons. The number of esters is 5. The maximum atomic E-state index is 14.1. The van der Waals surface area contributed by atoms with Crippen LogP contribution in [0.25, 0.3) is 0 Å². The summed E-state index contributed by atoms with van der Waals surface area (Å²) in [6, 6.07) is 51.3. The number of hydrogen-bond donors (Lipinski definition) is 0. The third-order valence-electron chi connectivity index (χ3n) is 28.5. The molecule has 0 aromatic heterocycles. The molecular formula is C126H150O16P2. The van der Waals surface area contributed by atoms with Crippen molar-refractivity contribution >= 4 is 47.1 Å². The Morgan fingerprint density at radius 3 is 0.500 bits per heavy atom. The number of benzene rings is 11. The van der Waals surface area contributed by atoms with Gasteiger partial charge in [0.1, 0.15) is 92.8 Å². The Hall–Kier alpha value is -11.6. The van der Waals surface area contributed by atoms with Gasteiger partial charge in [0.25, 0.3) is 0 Å². The molecule has 5 heterocycles. The van der Waals surface area contributed by atoms with Crippen LogP contribution in [0.4, 0.5) is 0 Å². The quantitative estimate of drug-likeness (QED) is 0.0475. The molecule has 5 aliphatic rings. The van der Waals surface area contributed by atoms with Crippen molar-refractivity contribution in [1.29, 1.82) is 0 Å². The van der Waals surface area contributed by atoms with Gasteiger partial charge < -0.3 is 50.8 Å². The molecule has 18 heteroatoms. The lowest BCUT2D eigenvalue weighted by Gasteiger charge is -2.27. The minimum Gasteiger partial charge on any atom is -0.425 e. The van der Waals surface area contributed by atoms with Gasteiger partial charge in [-0.05, 0) is 247 Å². The number of ether oxygens (including phenoxy) is 5. The van der Waals surface area contributed by atoms with E-state index in [4.69, 9.17) is 50.8 Å². The molecule has 0 bridgehead atoms. The molecule has 0 N–H and O–H groups in total. The van der Waals surface area contributed by atoms with E-state index in [2.05, 4.69) is 268 Å². The van der Waals surface area contributed by atoms with Crippen LogP contribution in [0, 0.1) is 69.2 Å². The molecule has 16 rings (SSSR count). The molecule has 11 aromatic rings. The number of para-hydroxylation sites is 1. The number of hydrogen-bond acceptors (Lipinski definition) is 16. The Morgan fingerprint density at radius 1 is 0.201 bits per heavy atom. The number of rotatable bonds is 17. The molecular weight excluding hydrogens is 1830 g/mol. The highest BCUT2D eigenvalue weighted by atomic mass is 31.2. The van der Waals surface area contributed by atoms with Gasteiger partial charge in [0.05, 0.1) is 0 Å². The van der Waals surface area contributed by atoms with Crippen molar-refractivity contribution in [2.75, 3.05) is 0 Å². The minimum absolute atomic E-state index is 0.123. The van der Waals surface area contributed by atoms with E-state index in [-0.39, 0.29) is 84.0 Å². The Balaban J connectivity index is 0.000000225. The standard InChI is InChI=1S/C72H87O9P.C54H63O7P/c1-37-25-43(55-49-31-46(67(7,8)9)34-52(70(16,17)18)61(49)76-64(55)73)26-38(2)58(37)79-82(80-59-39(3)27-44(28-40(59)4)56-50-32-47(68(10,11)12)35-53(71(19,20)21)62(50)77-65(56)74)81-60-41(5)29-45(30-42(60)6)57-51-33-48(69(13,14)15)36-54(72(22,23)24)63(51)78-66(57)75;1-30-22-34(43-39-26-36(51(5,6)7)28-41(53(11,12)13)47(39)57-49(43)55)23-31(2)45(30)60-62(59-38-20-18-17-19-21-38)61-46-32(3)24-35(25-33(46)4)44-40-27-37(52(8,9)10)29-42(54(14,15)16)48(40)58-50(44)56/h25-36,55-57H,1-24H3;17-29,43-44H,1-16H3. The van der Waals surface area contributed by atoms with E-state index in [1.54, 1.807) is 0 Å². The van der Waals surface area contributed by atoms with Gasteiger partial charge in [0, 0.05) is 55.6 Å². The monoisotopic (exact) mass is 1980 g/mol. The van der Waals surface area contributed by atoms with Crippen LogP contribution < -0.4 is 50.8 Å². The molecule has 0 saturated heterocycles. The number of carbonyl (C=O) groups excluding carboxylic acids is 5. The first-order valence-corrected chi connectivity index (χ1v) is 52.9. The van der Waals surface area contributed by atoms with E-state index in [1.165, 1.54) is 0 Å². The summed E-state index contributed by atoms with van der Waals surface area (Å²) >= 11 is 0. The number of fused-ring (bicyclic) bond motifs is 5. The Morgan fingerprint density at radius 2 is 0.354 bits per heavy atom. The summed E-state index contributed by atoms with van der Waals surface area (Å²) in [6.45, 7) is 85.0. The predicted octanol–water partition coefficient (Wildman–Crippen LogP) is 32.2. The van der Waals surface area contributed by atoms with Gasteiger partial charge in [0.2, 0.25) is 0 Å². The van der Waals surface area contributed by atoms with Gasteiger partial charge >= 0.3 is 47.1 Å². The molecule has 11 aromatic carbocycles. The van der Waals surface area contributed by atoms with Crippen LogP contribution in [-0.4, -0.2) is 29.8 Å². The van der Waals surface area contributed by atoms with Gasteiger partial charge in [-0.1, -0.05) is 347 Å². The second-order valence-electron chi connectivity index (χ2n) is 51.2. The van der Waals surface area contributed by atoms with Crippen molar-refractivity contribution in [3.8, 4) is 63.2 Å². The number of aryl methyl sites for hydroxylation is 10. The first kappa shape index (κ1) is 107. The smallest absolute Gasteiger partial charge is 0.425 e. The molecule has 0 fully saturated rings. The highest BCUT2D eigenvalue weighted by Gasteiger charge is 2.48. The average Bonchev–Trinajstić information content (AvgIpc) is 1.61. The topological polar surface area (TPSA) is 187 Å². The van der Waals surface area contributed by atoms with Crippen molar-refractivity contribution in [1.82, 2.24) is 0 Å². The average molecular weight is 1980 g/mol. The van der Waals surface area contributed by atoms with E-state index < -0.39 is 46.8 Å². The molecule has 0 saturated carbocycles. The van der Waals surface area contributed by atoms with Crippen LogP contribution in [0.1, 0.15) is 404 Å². The molecule has 0 radical (unpaired) electrons. The molecule has 0 aliphatic carbocycles. The van der Waals surface area contributed by atoms with E-state index in [9.17, 15) is 24.0 Å². The van der Waals surface area contributed by atoms with Crippen LogP contribution >= 0.6 is 17.2 Å². The van der Waals surface area contributed by atoms with Crippen molar-refractivity contribution in [3.63, 3.8) is 0 Å². The number of carbonyl (C=O) groups is 5. The molecule has 0 amide bonds. The molecule has 5 aliphatic heterocycles. The summed E-state index contributed by atoms with van der Waals surface area (Å²) in [5.41, 5.74) is 25.4. The summed E-state index contributed by atoms with van der Waals surface area (Å²) in [5, 5.41) is 0. The lowest BCUT2D eigenvalue weighted by atomic mass is 9.77. The Labute approximate surface area is 858 Å². The fourth-order valence-electron chi connectivity index (χ4n) is 20.4. The van der Waals surface area contributed by atoms with Crippen molar-refractivity contribution in [2.24, 2.45) is 0 Å². The summed E-state index contributed by atoms with van der Waals surface area (Å²) in [5.74, 6) is 2.19. The zero-order chi connectivity index (χ0) is 106. The predicted molar refractivity (Wildman–Crippen MR) is 580 cm³/mol. The summed E-state index contributed by atoms with van der Waals surface area (Å²) in [4.78, 5) is 70.0. The molecule has 144 heavy (non-hydrogen) atoms. The summed E-state index contributed by atoms with van der Waals surface area (Å²) in [6.07, 6.45) is 0. The zero-order valence-corrected chi connectivity index (χ0v) is 94.5.